The first-order chi connectivity index (χ1) is 9.66. The third-order valence-electron chi connectivity index (χ3n) is 3.64. The maximum atomic E-state index is 11.6. The number of carbonyl (C=O) groups excluding carboxylic acids is 1. The van der Waals surface area contributed by atoms with Gasteiger partial charge in [-0.05, 0) is 24.3 Å². The fraction of sp³-hybridized carbons (Fsp3) is 0.533. The molecule has 0 unspecified atom stereocenters. The molecule has 0 bridgehead atoms. The average molecular weight is 278 g/mol. The molecule has 110 valence electrons. The van der Waals surface area contributed by atoms with E-state index in [-0.39, 0.29) is 18.5 Å². The number of nitrogens with one attached hydrogen (secondary N) is 2. The Balaban J connectivity index is 1.92. The van der Waals surface area contributed by atoms with Crippen LogP contribution < -0.4 is 10.6 Å². The smallest absolute Gasteiger partial charge is 0.314 e. The molecule has 1 aliphatic rings. The first kappa shape index (κ1) is 14.8. The number of methoxy groups -OCH3 is 1. The maximum Gasteiger partial charge on any atom is 0.314 e. The second-order valence-electron chi connectivity index (χ2n) is 5.17. The van der Waals surface area contributed by atoms with E-state index in [1.54, 1.807) is 7.11 Å². The van der Waals surface area contributed by atoms with Crippen molar-refractivity contribution in [2.24, 2.45) is 5.92 Å². The predicted molar refractivity (Wildman–Crippen MR) is 76.3 cm³/mol. The summed E-state index contributed by atoms with van der Waals surface area (Å²) in [7, 11) is 1.58. The lowest BCUT2D eigenvalue weighted by molar-refractivity contribution is 0.0159. The number of hydrogen-bond donors (Lipinski definition) is 3. The number of aliphatic hydroxyl groups is 1. The molecule has 0 saturated heterocycles. The predicted octanol–water partition coefficient (Wildman–Crippen LogP) is 1.23. The van der Waals surface area contributed by atoms with Crippen molar-refractivity contribution in [1.29, 1.82) is 0 Å². The first-order valence-corrected chi connectivity index (χ1v) is 6.95. The summed E-state index contributed by atoms with van der Waals surface area (Å²) in [6.07, 6.45) is 2.00. The van der Waals surface area contributed by atoms with Gasteiger partial charge < -0.3 is 20.5 Å². The highest BCUT2D eigenvalue weighted by atomic mass is 16.5. The zero-order valence-electron chi connectivity index (χ0n) is 11.8. The van der Waals surface area contributed by atoms with Crippen LogP contribution in [0.15, 0.2) is 30.3 Å². The van der Waals surface area contributed by atoms with Gasteiger partial charge in [0.25, 0.3) is 0 Å². The van der Waals surface area contributed by atoms with E-state index < -0.39 is 5.60 Å². The Morgan fingerprint density at radius 2 is 2.05 bits per heavy atom. The molecule has 1 saturated carbocycles. The van der Waals surface area contributed by atoms with Crippen LogP contribution in [0.2, 0.25) is 0 Å². The summed E-state index contributed by atoms with van der Waals surface area (Å²) in [5.74, 6) is 0.226. The zero-order chi connectivity index (χ0) is 14.4. The van der Waals surface area contributed by atoms with E-state index in [0.29, 0.717) is 13.2 Å². The summed E-state index contributed by atoms with van der Waals surface area (Å²) in [4.78, 5) is 11.6. The second-order valence-corrected chi connectivity index (χ2v) is 5.17. The SMILES string of the molecule is COCCNC(=O)NC[C@@](O)(c1ccccc1)C1CC1. The standard InChI is InChI=1S/C15H22N2O3/c1-20-10-9-16-14(18)17-11-15(19,13-7-8-13)12-5-3-2-4-6-12/h2-6,13,19H,7-11H2,1H3,(H2,16,17,18)/t15-/m1/s1. The molecule has 20 heavy (non-hydrogen) atoms. The topological polar surface area (TPSA) is 70.6 Å². The fourth-order valence-corrected chi connectivity index (χ4v) is 2.31. The van der Waals surface area contributed by atoms with Crippen molar-refractivity contribution in [2.45, 2.75) is 18.4 Å². The number of ether oxygens (including phenoxy) is 1. The largest absolute Gasteiger partial charge is 0.383 e. The van der Waals surface area contributed by atoms with Gasteiger partial charge in [-0.1, -0.05) is 30.3 Å². The number of amides is 2. The first-order valence-electron chi connectivity index (χ1n) is 6.95. The molecular weight excluding hydrogens is 256 g/mol. The minimum atomic E-state index is -0.972. The monoisotopic (exact) mass is 278 g/mol. The van der Waals surface area contributed by atoms with E-state index in [4.69, 9.17) is 4.74 Å². The maximum absolute atomic E-state index is 11.6. The minimum absolute atomic E-state index is 0.223. The molecule has 1 atom stereocenters. The van der Waals surface area contributed by atoms with Crippen molar-refractivity contribution >= 4 is 6.03 Å². The zero-order valence-corrected chi connectivity index (χ0v) is 11.8. The van der Waals surface area contributed by atoms with Gasteiger partial charge in [0.15, 0.2) is 0 Å². The Bertz CT molecular complexity index is 434. The highest BCUT2D eigenvalue weighted by molar-refractivity contribution is 5.73. The van der Waals surface area contributed by atoms with E-state index in [1.165, 1.54) is 0 Å². The van der Waals surface area contributed by atoms with Crippen LogP contribution in [0.25, 0.3) is 0 Å². The molecule has 0 spiro atoms. The molecule has 1 aromatic carbocycles. The highest BCUT2D eigenvalue weighted by Crippen LogP contribution is 2.45. The van der Waals surface area contributed by atoms with Gasteiger partial charge in [-0.15, -0.1) is 0 Å². The van der Waals surface area contributed by atoms with Crippen LogP contribution in [0.5, 0.6) is 0 Å². The van der Waals surface area contributed by atoms with Crippen LogP contribution in [0.1, 0.15) is 18.4 Å². The van der Waals surface area contributed by atoms with Gasteiger partial charge in [-0.2, -0.15) is 0 Å². The van der Waals surface area contributed by atoms with Crippen molar-refractivity contribution in [3.8, 4) is 0 Å². The summed E-state index contributed by atoms with van der Waals surface area (Å²) in [6.45, 7) is 1.15. The Morgan fingerprint density at radius 3 is 2.65 bits per heavy atom. The number of rotatable bonds is 7. The van der Waals surface area contributed by atoms with Gasteiger partial charge in [-0.3, -0.25) is 0 Å². The third kappa shape index (κ3) is 3.71. The minimum Gasteiger partial charge on any atom is -0.383 e. The van der Waals surface area contributed by atoms with Gasteiger partial charge >= 0.3 is 6.03 Å². The van der Waals surface area contributed by atoms with E-state index in [9.17, 15) is 9.90 Å². The van der Waals surface area contributed by atoms with Gasteiger partial charge in [0, 0.05) is 13.7 Å². The van der Waals surface area contributed by atoms with Crippen molar-refractivity contribution in [2.75, 3.05) is 26.8 Å². The lowest BCUT2D eigenvalue weighted by Gasteiger charge is -2.29. The van der Waals surface area contributed by atoms with Crippen LogP contribution in [0.3, 0.4) is 0 Å². The summed E-state index contributed by atoms with van der Waals surface area (Å²) in [5.41, 5.74) is -0.112. The summed E-state index contributed by atoms with van der Waals surface area (Å²) in [5, 5.41) is 16.3. The lowest BCUT2D eigenvalue weighted by Crippen LogP contribution is -2.46. The second kappa shape index (κ2) is 6.72. The fourth-order valence-electron chi connectivity index (χ4n) is 2.31. The van der Waals surface area contributed by atoms with Crippen molar-refractivity contribution in [3.63, 3.8) is 0 Å². The molecule has 0 aliphatic heterocycles. The molecule has 2 rings (SSSR count). The van der Waals surface area contributed by atoms with Crippen LogP contribution in [0, 0.1) is 5.92 Å². The number of hydrogen-bond acceptors (Lipinski definition) is 3. The summed E-state index contributed by atoms with van der Waals surface area (Å²) in [6, 6.07) is 9.26. The highest BCUT2D eigenvalue weighted by Gasteiger charge is 2.45. The molecule has 1 fully saturated rings. The molecule has 0 aromatic heterocycles. The Kier molecular flexibility index (Phi) is 4.98. The number of carbonyl (C=O) groups is 1. The van der Waals surface area contributed by atoms with Crippen LogP contribution >= 0.6 is 0 Å². The molecule has 5 nitrogen and oxygen atoms in total. The molecule has 0 radical (unpaired) electrons. The summed E-state index contributed by atoms with van der Waals surface area (Å²) >= 11 is 0. The lowest BCUT2D eigenvalue weighted by atomic mass is 9.89. The Labute approximate surface area is 119 Å². The normalized spacial score (nSPS) is 17.3. The Morgan fingerprint density at radius 1 is 1.35 bits per heavy atom. The number of urea groups is 1. The molecule has 0 heterocycles. The van der Waals surface area contributed by atoms with E-state index in [1.807, 2.05) is 30.3 Å². The molecule has 5 heteroatoms. The van der Waals surface area contributed by atoms with Crippen LogP contribution in [0.4, 0.5) is 4.79 Å². The molecule has 1 aromatic rings. The molecule has 1 aliphatic carbocycles. The third-order valence-corrected chi connectivity index (χ3v) is 3.64. The molecule has 2 amide bonds. The molecular formula is C15H22N2O3. The van der Waals surface area contributed by atoms with E-state index in [2.05, 4.69) is 10.6 Å². The van der Waals surface area contributed by atoms with Crippen molar-refractivity contribution < 1.29 is 14.6 Å². The molecule has 3 N–H and O–H groups in total. The number of benzene rings is 1. The van der Waals surface area contributed by atoms with Gasteiger partial charge in [0.05, 0.1) is 13.2 Å². The van der Waals surface area contributed by atoms with Gasteiger partial charge in [0.2, 0.25) is 0 Å². The Hall–Kier alpha value is -1.59. The van der Waals surface area contributed by atoms with E-state index >= 15 is 0 Å². The average Bonchev–Trinajstić information content (AvgIpc) is 3.31. The van der Waals surface area contributed by atoms with Crippen molar-refractivity contribution in [1.82, 2.24) is 10.6 Å². The van der Waals surface area contributed by atoms with Crippen LogP contribution in [-0.4, -0.2) is 37.9 Å². The quantitative estimate of drug-likeness (QED) is 0.657. The van der Waals surface area contributed by atoms with Crippen molar-refractivity contribution in [3.05, 3.63) is 35.9 Å². The van der Waals surface area contributed by atoms with E-state index in [0.717, 1.165) is 18.4 Å². The van der Waals surface area contributed by atoms with Crippen LogP contribution in [-0.2, 0) is 10.3 Å². The van der Waals surface area contributed by atoms with Gasteiger partial charge in [-0.25, -0.2) is 4.79 Å². The summed E-state index contributed by atoms with van der Waals surface area (Å²) < 4.78 is 4.86. The van der Waals surface area contributed by atoms with Gasteiger partial charge in [0.1, 0.15) is 5.60 Å².